The molecular formula is C12H22N4O. The van der Waals surface area contributed by atoms with Crippen LogP contribution in [-0.2, 0) is 4.79 Å². The van der Waals surface area contributed by atoms with Crippen molar-refractivity contribution >= 4 is 19.0 Å². The number of nitrogens with zero attached hydrogens (tertiary/aromatic N) is 2. The van der Waals surface area contributed by atoms with Gasteiger partial charge in [-0.2, -0.15) is 0 Å². The molecule has 2 N–H and O–H groups in total. The second-order valence-electron chi connectivity index (χ2n) is 2.52. The van der Waals surface area contributed by atoms with Gasteiger partial charge in [0.1, 0.15) is 12.3 Å². The molecule has 0 radical (unpaired) electrons. The average molecular weight is 238 g/mol. The Kier molecular flexibility index (Phi) is 12.5. The topological polar surface area (TPSA) is 65.8 Å². The maximum Gasteiger partial charge on any atom is 0.168 e. The largest absolute Gasteiger partial charge is 0.364 e. The van der Waals surface area contributed by atoms with Gasteiger partial charge in [0, 0.05) is 5.70 Å². The molecule has 2 aliphatic rings. The molecule has 2 heterocycles. The van der Waals surface area contributed by atoms with Crippen molar-refractivity contribution in [2.45, 2.75) is 33.0 Å². The molecule has 0 aliphatic carbocycles. The van der Waals surface area contributed by atoms with Gasteiger partial charge in [0.2, 0.25) is 0 Å². The fourth-order valence-electron chi connectivity index (χ4n) is 1.06. The lowest BCUT2D eigenvalue weighted by molar-refractivity contribution is -0.106. The molecule has 17 heavy (non-hydrogen) atoms. The third kappa shape index (κ3) is 6.29. The number of aliphatic imine (C=N–C) groups is 2. The van der Waals surface area contributed by atoms with Crippen molar-refractivity contribution in [2.24, 2.45) is 9.98 Å². The SMILES string of the molecule is C=C.C=C1NC=NC2N=CNC12.CC.CC=O. The van der Waals surface area contributed by atoms with E-state index in [2.05, 4.69) is 40.4 Å². The summed E-state index contributed by atoms with van der Waals surface area (Å²) in [7, 11) is 0. The van der Waals surface area contributed by atoms with Crippen LogP contribution in [0.15, 0.2) is 35.4 Å². The minimum Gasteiger partial charge on any atom is -0.364 e. The van der Waals surface area contributed by atoms with E-state index in [9.17, 15) is 0 Å². The summed E-state index contributed by atoms with van der Waals surface area (Å²) < 4.78 is 0. The molecular weight excluding hydrogens is 216 g/mol. The van der Waals surface area contributed by atoms with Crippen LogP contribution in [0.4, 0.5) is 0 Å². The molecule has 0 saturated carbocycles. The van der Waals surface area contributed by atoms with Crippen LogP contribution in [0, 0.1) is 0 Å². The van der Waals surface area contributed by atoms with Gasteiger partial charge >= 0.3 is 0 Å². The van der Waals surface area contributed by atoms with E-state index in [1.54, 1.807) is 12.7 Å². The number of carbonyl (C=O) groups excluding carboxylic acids is 1. The van der Waals surface area contributed by atoms with Crippen molar-refractivity contribution in [1.82, 2.24) is 10.6 Å². The maximum absolute atomic E-state index is 8.81. The summed E-state index contributed by atoms with van der Waals surface area (Å²) in [4.78, 5) is 17.0. The first-order valence-corrected chi connectivity index (χ1v) is 5.44. The van der Waals surface area contributed by atoms with Gasteiger partial charge in [0.25, 0.3) is 0 Å². The molecule has 2 rings (SSSR count). The number of nitrogens with one attached hydrogen (secondary N) is 2. The Hall–Kier alpha value is -1.91. The van der Waals surface area contributed by atoms with Crippen molar-refractivity contribution in [3.8, 4) is 0 Å². The molecule has 0 fully saturated rings. The lowest BCUT2D eigenvalue weighted by atomic mass is 10.2. The van der Waals surface area contributed by atoms with E-state index in [-0.39, 0.29) is 12.2 Å². The molecule has 2 aliphatic heterocycles. The van der Waals surface area contributed by atoms with E-state index in [1.807, 2.05) is 13.8 Å². The first-order valence-electron chi connectivity index (χ1n) is 5.44. The monoisotopic (exact) mass is 238 g/mol. The number of aldehydes is 1. The van der Waals surface area contributed by atoms with E-state index in [1.165, 1.54) is 6.92 Å². The Morgan fingerprint density at radius 2 is 1.76 bits per heavy atom. The third-order valence-corrected chi connectivity index (χ3v) is 1.63. The van der Waals surface area contributed by atoms with Crippen LogP contribution >= 0.6 is 0 Å². The summed E-state index contributed by atoms with van der Waals surface area (Å²) in [5.74, 6) is 0. The van der Waals surface area contributed by atoms with Gasteiger partial charge in [-0.3, -0.25) is 0 Å². The fourth-order valence-corrected chi connectivity index (χ4v) is 1.06. The number of hydrogen-bond donors (Lipinski definition) is 2. The zero-order valence-corrected chi connectivity index (χ0v) is 10.8. The smallest absolute Gasteiger partial charge is 0.168 e. The lowest BCUT2D eigenvalue weighted by Gasteiger charge is -2.21. The first kappa shape index (κ1) is 17.5. The molecule has 0 bridgehead atoms. The predicted molar refractivity (Wildman–Crippen MR) is 74.3 cm³/mol. The molecule has 0 aromatic rings. The van der Waals surface area contributed by atoms with E-state index >= 15 is 0 Å². The predicted octanol–water partition coefficient (Wildman–Crippen LogP) is 1.49. The van der Waals surface area contributed by atoms with Gasteiger partial charge in [-0.05, 0) is 6.92 Å². The summed E-state index contributed by atoms with van der Waals surface area (Å²) in [5.41, 5.74) is 0.928. The maximum atomic E-state index is 8.81. The van der Waals surface area contributed by atoms with Crippen LogP contribution in [-0.4, -0.2) is 31.2 Å². The van der Waals surface area contributed by atoms with Gasteiger partial charge in [-0.25, -0.2) is 9.98 Å². The van der Waals surface area contributed by atoms with Gasteiger partial charge in [-0.1, -0.05) is 20.4 Å². The van der Waals surface area contributed by atoms with Gasteiger partial charge < -0.3 is 15.4 Å². The van der Waals surface area contributed by atoms with Gasteiger partial charge in [0.15, 0.2) is 6.17 Å². The Morgan fingerprint density at radius 3 is 2.24 bits per heavy atom. The first-order chi connectivity index (χ1) is 8.29. The summed E-state index contributed by atoms with van der Waals surface area (Å²) in [5, 5.41) is 5.97. The summed E-state index contributed by atoms with van der Waals surface area (Å²) in [6.07, 6.45) is 4.06. The highest BCUT2D eigenvalue weighted by atomic mass is 16.1. The zero-order valence-electron chi connectivity index (χ0n) is 10.8. The van der Waals surface area contributed by atoms with E-state index < -0.39 is 0 Å². The lowest BCUT2D eigenvalue weighted by Crippen LogP contribution is -2.41. The van der Waals surface area contributed by atoms with E-state index in [0.717, 1.165) is 12.0 Å². The number of rotatable bonds is 0. The second kappa shape index (κ2) is 12.2. The van der Waals surface area contributed by atoms with Gasteiger partial charge in [0.05, 0.1) is 12.7 Å². The highest BCUT2D eigenvalue weighted by molar-refractivity contribution is 5.66. The number of fused-ring (bicyclic) bond motifs is 1. The number of hydrogen-bond acceptors (Lipinski definition) is 5. The molecule has 0 amide bonds. The zero-order chi connectivity index (χ0) is 13.7. The van der Waals surface area contributed by atoms with Crippen LogP contribution in [0.5, 0.6) is 0 Å². The third-order valence-electron chi connectivity index (χ3n) is 1.63. The average Bonchev–Trinajstić information content (AvgIpc) is 2.85. The summed E-state index contributed by atoms with van der Waals surface area (Å²) in [6.45, 7) is 15.3. The molecule has 96 valence electrons. The van der Waals surface area contributed by atoms with E-state index in [0.29, 0.717) is 0 Å². The molecule has 2 unspecified atom stereocenters. The van der Waals surface area contributed by atoms with Crippen LogP contribution in [0.25, 0.3) is 0 Å². The van der Waals surface area contributed by atoms with Crippen molar-refractivity contribution in [3.05, 3.63) is 25.4 Å². The Bertz CT molecular complexity index is 274. The minimum absolute atomic E-state index is 0.00810. The van der Waals surface area contributed by atoms with Crippen LogP contribution in [0.1, 0.15) is 20.8 Å². The molecule has 5 nitrogen and oxygen atoms in total. The summed E-state index contributed by atoms with van der Waals surface area (Å²) >= 11 is 0. The summed E-state index contributed by atoms with van der Waals surface area (Å²) in [6, 6.07) is 0.157. The molecule has 2 atom stereocenters. The molecule has 0 spiro atoms. The van der Waals surface area contributed by atoms with Crippen LogP contribution in [0.3, 0.4) is 0 Å². The molecule has 0 saturated heterocycles. The van der Waals surface area contributed by atoms with Crippen molar-refractivity contribution in [3.63, 3.8) is 0 Å². The van der Waals surface area contributed by atoms with Crippen molar-refractivity contribution in [2.75, 3.05) is 0 Å². The van der Waals surface area contributed by atoms with Crippen LogP contribution in [0.2, 0.25) is 0 Å². The normalized spacial score (nSPS) is 21.9. The van der Waals surface area contributed by atoms with E-state index in [4.69, 9.17) is 4.79 Å². The molecule has 5 heteroatoms. The number of carbonyl (C=O) groups is 1. The second-order valence-corrected chi connectivity index (χ2v) is 2.52. The Labute approximate surface area is 103 Å². The van der Waals surface area contributed by atoms with Crippen molar-refractivity contribution < 1.29 is 4.79 Å². The highest BCUT2D eigenvalue weighted by Gasteiger charge is 2.27. The van der Waals surface area contributed by atoms with Crippen molar-refractivity contribution in [1.29, 1.82) is 0 Å². The fraction of sp³-hybridized carbons (Fsp3) is 0.417. The standard InChI is InChI=1S/C6H8N4.C2H4O.C2H6.C2H4/c1-4-5-6(9-2-7-4)10-3-8-5;1-2-3;2*1-2/h2-3,5-6H,1H2,(H,7,9)(H,8,10);2H,1H3;1-2H3;1-2H2. The Morgan fingerprint density at radius 1 is 1.29 bits per heavy atom. The Balaban J connectivity index is 0. The highest BCUT2D eigenvalue weighted by Crippen LogP contribution is 2.12. The quantitative estimate of drug-likeness (QED) is 0.496. The molecule has 0 aromatic heterocycles. The van der Waals surface area contributed by atoms with Gasteiger partial charge in [-0.15, -0.1) is 13.2 Å². The minimum atomic E-state index is 0.00810. The van der Waals surface area contributed by atoms with Crippen LogP contribution < -0.4 is 10.6 Å². The molecule has 0 aromatic carbocycles.